The standard InChI is InChI=1S/C25H24F2N6O3/c1-25(2)9-7-20(24(34)35)32(14-25)23-17(27)12-28-22(29-23)19-11-21(18-8-10-36-31-18)33(30-19)13-15-5-3-4-6-16(15)26/h3-6,8,10-12,20H,7,9,13-14H2,1-2H3,(H,34,35). The summed E-state index contributed by atoms with van der Waals surface area (Å²) in [5.41, 5.74) is 1.49. The minimum Gasteiger partial charge on any atom is -0.480 e. The molecule has 1 aromatic carbocycles. The van der Waals surface area contributed by atoms with E-state index < -0.39 is 17.8 Å². The van der Waals surface area contributed by atoms with Gasteiger partial charge >= 0.3 is 5.97 Å². The first kappa shape index (κ1) is 23.6. The van der Waals surface area contributed by atoms with Gasteiger partial charge in [-0.25, -0.2) is 23.5 Å². The van der Waals surface area contributed by atoms with Crippen molar-refractivity contribution < 1.29 is 23.2 Å². The van der Waals surface area contributed by atoms with Crippen molar-refractivity contribution in [2.45, 2.75) is 39.3 Å². The number of hydrogen-bond donors (Lipinski definition) is 1. The molecular weight excluding hydrogens is 470 g/mol. The van der Waals surface area contributed by atoms with E-state index >= 15 is 0 Å². The second-order valence-electron chi connectivity index (χ2n) is 9.60. The Bertz CT molecular complexity index is 1400. The van der Waals surface area contributed by atoms with Gasteiger partial charge in [0.15, 0.2) is 17.5 Å². The normalized spacial score (nSPS) is 17.3. The third-order valence-electron chi connectivity index (χ3n) is 6.34. The predicted octanol–water partition coefficient (Wildman–Crippen LogP) is 4.40. The number of aliphatic carboxylic acids is 1. The number of aromatic nitrogens is 5. The number of anilines is 1. The van der Waals surface area contributed by atoms with Crippen LogP contribution in [-0.4, -0.2) is 48.6 Å². The SMILES string of the molecule is CC1(C)CCC(C(=O)O)N(c2nc(-c3cc(-c4ccon4)n(Cc4ccccc4F)n3)ncc2F)C1. The van der Waals surface area contributed by atoms with Crippen molar-refractivity contribution in [3.63, 3.8) is 0 Å². The summed E-state index contributed by atoms with van der Waals surface area (Å²) in [6.07, 6.45) is 3.49. The Morgan fingerprint density at radius 2 is 2.00 bits per heavy atom. The van der Waals surface area contributed by atoms with Crippen molar-refractivity contribution in [1.82, 2.24) is 24.9 Å². The van der Waals surface area contributed by atoms with E-state index in [2.05, 4.69) is 20.2 Å². The summed E-state index contributed by atoms with van der Waals surface area (Å²) in [6, 6.07) is 8.75. The molecule has 1 saturated heterocycles. The maximum Gasteiger partial charge on any atom is 0.326 e. The summed E-state index contributed by atoms with van der Waals surface area (Å²) in [7, 11) is 0. The highest BCUT2D eigenvalue weighted by atomic mass is 19.1. The van der Waals surface area contributed by atoms with E-state index in [4.69, 9.17) is 4.52 Å². The van der Waals surface area contributed by atoms with Crippen LogP contribution in [0.4, 0.5) is 14.6 Å². The smallest absolute Gasteiger partial charge is 0.326 e. The second-order valence-corrected chi connectivity index (χ2v) is 9.60. The fourth-order valence-corrected chi connectivity index (χ4v) is 4.48. The van der Waals surface area contributed by atoms with Crippen molar-refractivity contribution in [2.75, 3.05) is 11.4 Å². The zero-order valence-corrected chi connectivity index (χ0v) is 19.7. The molecule has 0 radical (unpaired) electrons. The third kappa shape index (κ3) is 4.56. The van der Waals surface area contributed by atoms with Crippen LogP contribution in [0, 0.1) is 17.0 Å². The highest BCUT2D eigenvalue weighted by Crippen LogP contribution is 2.36. The average molecular weight is 495 g/mol. The van der Waals surface area contributed by atoms with Crippen molar-refractivity contribution >= 4 is 11.8 Å². The molecule has 1 aliphatic heterocycles. The summed E-state index contributed by atoms with van der Waals surface area (Å²) in [5, 5.41) is 18.3. The highest BCUT2D eigenvalue weighted by molar-refractivity contribution is 5.78. The quantitative estimate of drug-likeness (QED) is 0.420. The molecule has 0 aliphatic carbocycles. The lowest BCUT2D eigenvalue weighted by Gasteiger charge is -2.42. The van der Waals surface area contributed by atoms with Gasteiger partial charge in [0, 0.05) is 18.2 Å². The fourth-order valence-electron chi connectivity index (χ4n) is 4.48. The molecule has 186 valence electrons. The van der Waals surface area contributed by atoms with Crippen LogP contribution in [0.3, 0.4) is 0 Å². The molecule has 36 heavy (non-hydrogen) atoms. The van der Waals surface area contributed by atoms with Crippen LogP contribution in [0.15, 0.2) is 53.4 Å². The number of piperidine rings is 1. The molecule has 1 N–H and O–H groups in total. The minimum absolute atomic E-state index is 0.0909. The van der Waals surface area contributed by atoms with Gasteiger partial charge < -0.3 is 14.5 Å². The van der Waals surface area contributed by atoms with E-state index in [1.54, 1.807) is 35.0 Å². The lowest BCUT2D eigenvalue weighted by molar-refractivity contribution is -0.139. The van der Waals surface area contributed by atoms with Gasteiger partial charge in [0.05, 0.1) is 18.4 Å². The van der Waals surface area contributed by atoms with Crippen LogP contribution in [0.1, 0.15) is 32.3 Å². The average Bonchev–Trinajstić information content (AvgIpc) is 3.50. The summed E-state index contributed by atoms with van der Waals surface area (Å²) >= 11 is 0. The van der Waals surface area contributed by atoms with Crippen LogP contribution in [-0.2, 0) is 11.3 Å². The molecule has 1 atom stereocenters. The summed E-state index contributed by atoms with van der Waals surface area (Å²) in [4.78, 5) is 21.9. The molecule has 3 aromatic heterocycles. The van der Waals surface area contributed by atoms with Crippen LogP contribution < -0.4 is 4.90 Å². The van der Waals surface area contributed by atoms with Crippen molar-refractivity contribution in [3.05, 3.63) is 66.1 Å². The van der Waals surface area contributed by atoms with Crippen molar-refractivity contribution in [1.29, 1.82) is 0 Å². The van der Waals surface area contributed by atoms with Gasteiger partial charge in [0.2, 0.25) is 0 Å². The van der Waals surface area contributed by atoms with E-state index in [1.807, 2.05) is 13.8 Å². The zero-order valence-electron chi connectivity index (χ0n) is 19.7. The molecule has 1 aliphatic rings. The second kappa shape index (κ2) is 9.14. The Labute approximate surface area is 205 Å². The molecule has 0 saturated carbocycles. The number of carboxylic acid groups (broad SMARTS) is 1. The molecule has 0 bridgehead atoms. The maximum absolute atomic E-state index is 14.9. The molecule has 0 amide bonds. The predicted molar refractivity (Wildman–Crippen MR) is 126 cm³/mol. The fraction of sp³-hybridized carbons (Fsp3) is 0.320. The summed E-state index contributed by atoms with van der Waals surface area (Å²) in [5.74, 6) is -2.12. The first-order chi connectivity index (χ1) is 17.2. The van der Waals surface area contributed by atoms with Crippen molar-refractivity contribution in [3.8, 4) is 22.9 Å². The summed E-state index contributed by atoms with van der Waals surface area (Å²) < 4.78 is 35.8. The molecular formula is C25H24F2N6O3. The first-order valence-electron chi connectivity index (χ1n) is 11.5. The first-order valence-corrected chi connectivity index (χ1v) is 11.5. The largest absolute Gasteiger partial charge is 0.480 e. The van der Waals surface area contributed by atoms with Crippen LogP contribution in [0.5, 0.6) is 0 Å². The molecule has 1 fully saturated rings. The van der Waals surface area contributed by atoms with E-state index in [9.17, 15) is 18.7 Å². The van der Waals surface area contributed by atoms with Gasteiger partial charge in [-0.15, -0.1) is 0 Å². The molecule has 0 spiro atoms. The van der Waals surface area contributed by atoms with Gasteiger partial charge in [-0.3, -0.25) is 4.68 Å². The Balaban J connectivity index is 1.57. The molecule has 1 unspecified atom stereocenters. The monoisotopic (exact) mass is 494 g/mol. The number of rotatable bonds is 6. The van der Waals surface area contributed by atoms with E-state index in [0.717, 1.165) is 6.20 Å². The number of hydrogen-bond acceptors (Lipinski definition) is 7. The zero-order chi connectivity index (χ0) is 25.4. The number of nitrogens with zero attached hydrogens (tertiary/aromatic N) is 6. The minimum atomic E-state index is -1.03. The van der Waals surface area contributed by atoms with Gasteiger partial charge in [-0.1, -0.05) is 37.2 Å². The lowest BCUT2D eigenvalue weighted by Crippen LogP contribution is -2.51. The molecule has 9 nitrogen and oxygen atoms in total. The van der Waals surface area contributed by atoms with E-state index in [-0.39, 0.29) is 29.4 Å². The van der Waals surface area contributed by atoms with Gasteiger partial charge in [0.1, 0.15) is 29.5 Å². The van der Waals surface area contributed by atoms with Gasteiger partial charge in [0.25, 0.3) is 0 Å². The van der Waals surface area contributed by atoms with E-state index in [0.29, 0.717) is 42.0 Å². The topological polar surface area (TPSA) is 110 Å². The molecule has 11 heteroatoms. The Morgan fingerprint density at radius 1 is 1.19 bits per heavy atom. The van der Waals surface area contributed by atoms with Gasteiger partial charge in [-0.05, 0) is 30.4 Å². The summed E-state index contributed by atoms with van der Waals surface area (Å²) in [6.45, 7) is 4.44. The number of benzene rings is 1. The molecule has 4 aromatic rings. The van der Waals surface area contributed by atoms with Crippen LogP contribution in [0.2, 0.25) is 0 Å². The highest BCUT2D eigenvalue weighted by Gasteiger charge is 2.39. The van der Waals surface area contributed by atoms with E-state index in [1.165, 1.54) is 17.2 Å². The van der Waals surface area contributed by atoms with Crippen LogP contribution >= 0.6 is 0 Å². The van der Waals surface area contributed by atoms with Crippen LogP contribution in [0.25, 0.3) is 22.9 Å². The number of carbonyl (C=O) groups is 1. The Morgan fingerprint density at radius 3 is 2.72 bits per heavy atom. The number of carboxylic acids is 1. The maximum atomic E-state index is 14.9. The molecule has 5 rings (SSSR count). The Hall–Kier alpha value is -4.15. The van der Waals surface area contributed by atoms with Gasteiger partial charge in [-0.2, -0.15) is 5.10 Å². The third-order valence-corrected chi connectivity index (χ3v) is 6.34. The van der Waals surface area contributed by atoms with Crippen molar-refractivity contribution in [2.24, 2.45) is 5.41 Å². The molecule has 4 heterocycles. The lowest BCUT2D eigenvalue weighted by atomic mass is 9.81. The number of halogens is 2. The Kier molecular flexibility index (Phi) is 5.99.